The maximum Gasteiger partial charge on any atom is 0.411 e. The second kappa shape index (κ2) is 18.8. The lowest BCUT2D eigenvalue weighted by Gasteiger charge is -2.32. The van der Waals surface area contributed by atoms with E-state index < -0.39 is 6.09 Å². The molecule has 2 N–H and O–H groups in total. The molecule has 0 radical (unpaired) electrons. The molecule has 0 unspecified atom stereocenters. The summed E-state index contributed by atoms with van der Waals surface area (Å²) in [4.78, 5) is 47.6. The number of rotatable bonds is 16. The molecule has 1 saturated heterocycles. The van der Waals surface area contributed by atoms with E-state index in [4.69, 9.17) is 4.74 Å². The van der Waals surface area contributed by atoms with Gasteiger partial charge in [-0.2, -0.15) is 0 Å². The number of anilines is 1. The standard InChI is InChI=1S/C37H50N6O4/c1-4-41(2)36(45)34-19-18-29(28-39-34)27-38-22-12-6-9-17-35(44)42(3)25-26-43-23-20-31(21-24-43)47-37(46)40-33-16-11-10-15-32(33)30-13-7-5-8-14-30/h5,7-8,10-11,13-16,18-19,28,31,38H,4,6,9,12,17,20-27H2,1-3H3,(H,40,46). The van der Waals surface area contributed by atoms with Gasteiger partial charge in [-0.05, 0) is 62.4 Å². The molecular weight excluding hydrogens is 592 g/mol. The van der Waals surface area contributed by atoms with E-state index in [0.29, 0.717) is 31.7 Å². The van der Waals surface area contributed by atoms with Crippen LogP contribution in [0.25, 0.3) is 11.1 Å². The minimum atomic E-state index is -0.426. The Balaban J connectivity index is 1.04. The molecule has 10 heteroatoms. The molecule has 3 amide bonds. The smallest absolute Gasteiger partial charge is 0.411 e. The Morgan fingerprint density at radius 3 is 2.38 bits per heavy atom. The van der Waals surface area contributed by atoms with E-state index in [9.17, 15) is 14.4 Å². The largest absolute Gasteiger partial charge is 0.446 e. The molecule has 0 aliphatic carbocycles. The van der Waals surface area contributed by atoms with E-state index in [1.165, 1.54) is 0 Å². The van der Waals surface area contributed by atoms with Crippen molar-refractivity contribution in [2.75, 3.05) is 58.7 Å². The second-order valence-corrected chi connectivity index (χ2v) is 12.2. The lowest BCUT2D eigenvalue weighted by atomic mass is 10.0. The third kappa shape index (κ3) is 11.5. The van der Waals surface area contributed by atoms with Crippen LogP contribution in [0.4, 0.5) is 10.5 Å². The Kier molecular flexibility index (Phi) is 14.2. The van der Waals surface area contributed by atoms with Gasteiger partial charge in [-0.3, -0.25) is 19.9 Å². The Morgan fingerprint density at radius 1 is 0.915 bits per heavy atom. The third-order valence-corrected chi connectivity index (χ3v) is 8.67. The third-order valence-electron chi connectivity index (χ3n) is 8.67. The minimum absolute atomic E-state index is 0.0670. The van der Waals surface area contributed by atoms with Crippen LogP contribution in [0.5, 0.6) is 0 Å². The molecule has 1 aliphatic heterocycles. The first-order chi connectivity index (χ1) is 22.8. The molecule has 0 bridgehead atoms. The van der Waals surface area contributed by atoms with Crippen LogP contribution in [0, 0.1) is 0 Å². The van der Waals surface area contributed by atoms with Crippen molar-refractivity contribution in [3.05, 3.63) is 84.2 Å². The number of carbonyl (C=O) groups is 3. The van der Waals surface area contributed by atoms with Gasteiger partial charge in [0, 0.05) is 71.5 Å². The molecule has 10 nitrogen and oxygen atoms in total. The Labute approximate surface area is 279 Å². The van der Waals surface area contributed by atoms with E-state index in [2.05, 4.69) is 20.5 Å². The number of hydrogen-bond donors (Lipinski definition) is 2. The molecule has 4 rings (SSSR count). The Hall–Kier alpha value is -4.28. The highest BCUT2D eigenvalue weighted by molar-refractivity contribution is 5.92. The zero-order valence-corrected chi connectivity index (χ0v) is 28.1. The lowest BCUT2D eigenvalue weighted by Crippen LogP contribution is -2.42. The van der Waals surface area contributed by atoms with Gasteiger partial charge in [0.2, 0.25) is 5.91 Å². The summed E-state index contributed by atoms with van der Waals surface area (Å²) in [7, 11) is 3.65. The highest BCUT2D eigenvalue weighted by atomic mass is 16.6. The molecular formula is C37H50N6O4. The quantitative estimate of drug-likeness (QED) is 0.194. The molecule has 2 heterocycles. The van der Waals surface area contributed by atoms with Crippen molar-refractivity contribution in [2.45, 2.75) is 58.1 Å². The normalized spacial score (nSPS) is 13.6. The van der Waals surface area contributed by atoms with Crippen molar-refractivity contribution in [2.24, 2.45) is 0 Å². The van der Waals surface area contributed by atoms with Crippen LogP contribution < -0.4 is 10.6 Å². The monoisotopic (exact) mass is 642 g/mol. The number of para-hydroxylation sites is 1. The number of likely N-dealkylation sites (tertiary alicyclic amines) is 1. The molecule has 1 aromatic heterocycles. The summed E-state index contributed by atoms with van der Waals surface area (Å²) in [5.41, 5.74) is 4.23. The van der Waals surface area contributed by atoms with Crippen molar-refractivity contribution < 1.29 is 19.1 Å². The van der Waals surface area contributed by atoms with E-state index in [-0.39, 0.29) is 17.9 Å². The number of aromatic nitrogens is 1. The second-order valence-electron chi connectivity index (χ2n) is 12.2. The van der Waals surface area contributed by atoms with Crippen molar-refractivity contribution in [3.8, 4) is 11.1 Å². The van der Waals surface area contributed by atoms with Crippen molar-refractivity contribution in [3.63, 3.8) is 0 Å². The summed E-state index contributed by atoms with van der Waals surface area (Å²) < 4.78 is 5.76. The van der Waals surface area contributed by atoms with Crippen molar-refractivity contribution >= 4 is 23.6 Å². The van der Waals surface area contributed by atoms with Gasteiger partial charge < -0.3 is 24.8 Å². The predicted molar refractivity (Wildman–Crippen MR) is 186 cm³/mol. The van der Waals surface area contributed by atoms with Crippen LogP contribution in [-0.2, 0) is 16.1 Å². The van der Waals surface area contributed by atoms with Gasteiger partial charge in [-0.1, -0.05) is 61.0 Å². The number of amides is 3. The summed E-state index contributed by atoms with van der Waals surface area (Å²) in [5.74, 6) is 0.112. The molecule has 1 aliphatic rings. The molecule has 1 fully saturated rings. The fraction of sp³-hybridized carbons (Fsp3) is 0.459. The first-order valence-electron chi connectivity index (χ1n) is 16.8. The zero-order valence-electron chi connectivity index (χ0n) is 28.1. The number of nitrogens with zero attached hydrogens (tertiary/aromatic N) is 4. The number of pyridine rings is 1. The summed E-state index contributed by atoms with van der Waals surface area (Å²) in [6.45, 7) is 7.33. The van der Waals surface area contributed by atoms with Gasteiger partial charge >= 0.3 is 6.09 Å². The number of hydrogen-bond acceptors (Lipinski definition) is 7. The van der Waals surface area contributed by atoms with Crippen LogP contribution >= 0.6 is 0 Å². The van der Waals surface area contributed by atoms with E-state index in [1.54, 1.807) is 24.2 Å². The number of unbranched alkanes of at least 4 members (excludes halogenated alkanes) is 2. The van der Waals surface area contributed by atoms with Gasteiger partial charge in [-0.25, -0.2) is 4.79 Å². The minimum Gasteiger partial charge on any atom is -0.446 e. The molecule has 3 aromatic rings. The van der Waals surface area contributed by atoms with Crippen LogP contribution in [0.2, 0.25) is 0 Å². The van der Waals surface area contributed by atoms with Crippen LogP contribution in [0.15, 0.2) is 72.9 Å². The molecule has 0 atom stereocenters. The van der Waals surface area contributed by atoms with Crippen molar-refractivity contribution in [1.29, 1.82) is 0 Å². The molecule has 47 heavy (non-hydrogen) atoms. The first kappa shape index (κ1) is 35.6. The summed E-state index contributed by atoms with van der Waals surface area (Å²) >= 11 is 0. The number of nitrogens with one attached hydrogen (secondary N) is 2. The molecule has 2 aromatic carbocycles. The van der Waals surface area contributed by atoms with Gasteiger partial charge in [0.15, 0.2) is 0 Å². The average molecular weight is 643 g/mol. The van der Waals surface area contributed by atoms with E-state index in [1.807, 2.05) is 79.5 Å². The van der Waals surface area contributed by atoms with Gasteiger partial charge in [-0.15, -0.1) is 0 Å². The first-order valence-corrected chi connectivity index (χ1v) is 16.8. The highest BCUT2D eigenvalue weighted by Gasteiger charge is 2.23. The van der Waals surface area contributed by atoms with E-state index >= 15 is 0 Å². The Morgan fingerprint density at radius 2 is 1.66 bits per heavy atom. The number of carbonyl (C=O) groups excluding carboxylic acids is 3. The maximum absolute atomic E-state index is 12.7. The SMILES string of the molecule is CCN(C)C(=O)c1ccc(CNCCCCCC(=O)N(C)CCN2CCC(OC(=O)Nc3ccccc3-c3ccccc3)CC2)cn1. The highest BCUT2D eigenvalue weighted by Crippen LogP contribution is 2.28. The fourth-order valence-corrected chi connectivity index (χ4v) is 5.54. The summed E-state index contributed by atoms with van der Waals surface area (Å²) in [6, 6.07) is 21.4. The van der Waals surface area contributed by atoms with Gasteiger partial charge in [0.05, 0.1) is 5.69 Å². The number of ether oxygens (including phenoxy) is 1. The fourth-order valence-electron chi connectivity index (χ4n) is 5.54. The van der Waals surface area contributed by atoms with Crippen LogP contribution in [0.1, 0.15) is 61.5 Å². The van der Waals surface area contributed by atoms with Crippen molar-refractivity contribution in [1.82, 2.24) is 25.0 Å². The Bertz CT molecular complexity index is 1410. The number of benzene rings is 2. The molecule has 0 spiro atoms. The topological polar surface area (TPSA) is 107 Å². The maximum atomic E-state index is 12.7. The van der Waals surface area contributed by atoms with Gasteiger partial charge in [0.25, 0.3) is 5.91 Å². The van der Waals surface area contributed by atoms with Crippen LogP contribution in [-0.4, -0.2) is 97.1 Å². The van der Waals surface area contributed by atoms with Crippen LogP contribution in [0.3, 0.4) is 0 Å². The number of likely N-dealkylation sites (N-methyl/N-ethyl adjacent to an activating group) is 1. The summed E-state index contributed by atoms with van der Waals surface area (Å²) in [6.07, 6.45) is 6.16. The lowest BCUT2D eigenvalue weighted by molar-refractivity contribution is -0.130. The molecule has 0 saturated carbocycles. The molecule has 252 valence electrons. The van der Waals surface area contributed by atoms with Gasteiger partial charge in [0.1, 0.15) is 11.8 Å². The predicted octanol–water partition coefficient (Wildman–Crippen LogP) is 5.66. The zero-order chi connectivity index (χ0) is 33.4. The average Bonchev–Trinajstić information content (AvgIpc) is 3.10. The summed E-state index contributed by atoms with van der Waals surface area (Å²) in [5, 5.41) is 6.35. The van der Waals surface area contributed by atoms with E-state index in [0.717, 1.165) is 80.7 Å². The number of piperidine rings is 1.